The highest BCUT2D eigenvalue weighted by atomic mass is 16.1. The van der Waals surface area contributed by atoms with E-state index in [1.807, 2.05) is 61.7 Å². The van der Waals surface area contributed by atoms with Crippen LogP contribution < -0.4 is 5.32 Å². The first-order chi connectivity index (χ1) is 11.7. The van der Waals surface area contributed by atoms with Gasteiger partial charge in [-0.1, -0.05) is 24.3 Å². The lowest BCUT2D eigenvalue weighted by Crippen LogP contribution is -2.20. The number of amides is 1. The monoisotopic (exact) mass is 318 g/mol. The van der Waals surface area contributed by atoms with Crippen LogP contribution in [0.4, 0.5) is 0 Å². The molecule has 0 radical (unpaired) electrons. The number of nitrogens with one attached hydrogen (secondary N) is 1. The molecule has 0 aliphatic rings. The van der Waals surface area contributed by atoms with Gasteiger partial charge >= 0.3 is 0 Å². The van der Waals surface area contributed by atoms with E-state index in [0.29, 0.717) is 6.54 Å². The maximum Gasteiger partial charge on any atom is 0.244 e. The van der Waals surface area contributed by atoms with Gasteiger partial charge in [0.2, 0.25) is 5.91 Å². The van der Waals surface area contributed by atoms with Gasteiger partial charge in [0.05, 0.1) is 24.1 Å². The van der Waals surface area contributed by atoms with E-state index in [-0.39, 0.29) is 5.91 Å². The van der Waals surface area contributed by atoms with Crippen molar-refractivity contribution in [1.29, 1.82) is 0 Å². The number of aromatic nitrogens is 3. The van der Waals surface area contributed by atoms with Gasteiger partial charge in [-0.25, -0.2) is 4.68 Å². The number of aryl methyl sites for hydroxylation is 1. The number of rotatable bonds is 5. The summed E-state index contributed by atoms with van der Waals surface area (Å²) in [5.74, 6) is -0.161. The molecule has 120 valence electrons. The van der Waals surface area contributed by atoms with Crippen molar-refractivity contribution in [2.75, 3.05) is 0 Å². The molecule has 0 fully saturated rings. The van der Waals surface area contributed by atoms with Crippen molar-refractivity contribution in [3.63, 3.8) is 0 Å². The van der Waals surface area contributed by atoms with Gasteiger partial charge in [-0.3, -0.25) is 9.78 Å². The molecular weight excluding hydrogens is 300 g/mol. The van der Waals surface area contributed by atoms with Gasteiger partial charge < -0.3 is 5.32 Å². The lowest BCUT2D eigenvalue weighted by molar-refractivity contribution is -0.116. The topological polar surface area (TPSA) is 59.8 Å². The second kappa shape index (κ2) is 7.37. The summed E-state index contributed by atoms with van der Waals surface area (Å²) in [5.41, 5.74) is 3.62. The van der Waals surface area contributed by atoms with Crippen LogP contribution in [0.15, 0.2) is 67.0 Å². The van der Waals surface area contributed by atoms with E-state index in [1.165, 1.54) is 6.08 Å². The standard InChI is InChI=1S/C19H18N4O/c1-15-6-5-7-17(22-15)13-20-19(24)11-10-16-12-21-23(14-16)18-8-3-2-4-9-18/h2-12,14H,13H2,1H3,(H,20,24)/b11-10+. The number of carbonyl (C=O) groups excluding carboxylic acids is 1. The quantitative estimate of drug-likeness (QED) is 0.736. The third-order valence-electron chi connectivity index (χ3n) is 3.44. The Bertz CT molecular complexity index is 853. The smallest absolute Gasteiger partial charge is 0.244 e. The Kier molecular flexibility index (Phi) is 4.81. The molecule has 1 amide bonds. The summed E-state index contributed by atoms with van der Waals surface area (Å²) in [4.78, 5) is 16.2. The van der Waals surface area contributed by atoms with E-state index in [9.17, 15) is 4.79 Å². The minimum atomic E-state index is -0.161. The Morgan fingerprint density at radius 2 is 2.00 bits per heavy atom. The van der Waals surface area contributed by atoms with E-state index < -0.39 is 0 Å². The van der Waals surface area contributed by atoms with Crippen LogP contribution in [0.25, 0.3) is 11.8 Å². The maximum absolute atomic E-state index is 11.9. The molecule has 5 heteroatoms. The molecule has 0 atom stereocenters. The number of para-hydroxylation sites is 1. The molecule has 5 nitrogen and oxygen atoms in total. The van der Waals surface area contributed by atoms with Crippen molar-refractivity contribution in [3.8, 4) is 5.69 Å². The molecule has 0 spiro atoms. The average molecular weight is 318 g/mol. The summed E-state index contributed by atoms with van der Waals surface area (Å²) in [5, 5.41) is 7.11. The molecule has 1 aromatic carbocycles. The highest BCUT2D eigenvalue weighted by Crippen LogP contribution is 2.08. The van der Waals surface area contributed by atoms with Crippen molar-refractivity contribution in [2.24, 2.45) is 0 Å². The largest absolute Gasteiger partial charge is 0.347 e. The normalized spacial score (nSPS) is 10.9. The minimum absolute atomic E-state index is 0.161. The predicted molar refractivity (Wildman–Crippen MR) is 93.4 cm³/mol. The fourth-order valence-corrected chi connectivity index (χ4v) is 2.25. The minimum Gasteiger partial charge on any atom is -0.347 e. The second-order valence-electron chi connectivity index (χ2n) is 5.38. The van der Waals surface area contributed by atoms with E-state index in [2.05, 4.69) is 15.4 Å². The number of nitrogens with zero attached hydrogens (tertiary/aromatic N) is 3. The summed E-state index contributed by atoms with van der Waals surface area (Å²) in [6, 6.07) is 15.6. The molecule has 1 N–H and O–H groups in total. The van der Waals surface area contributed by atoms with Gasteiger partial charge in [0.15, 0.2) is 0 Å². The van der Waals surface area contributed by atoms with E-state index in [0.717, 1.165) is 22.6 Å². The molecule has 0 aliphatic heterocycles. The van der Waals surface area contributed by atoms with Gasteiger partial charge in [-0.2, -0.15) is 5.10 Å². The first kappa shape index (κ1) is 15.7. The highest BCUT2D eigenvalue weighted by Gasteiger charge is 2.00. The third-order valence-corrected chi connectivity index (χ3v) is 3.44. The molecule has 2 aromatic heterocycles. The zero-order chi connectivity index (χ0) is 16.8. The molecule has 0 bridgehead atoms. The Morgan fingerprint density at radius 3 is 2.79 bits per heavy atom. The van der Waals surface area contributed by atoms with Crippen LogP contribution in [0.1, 0.15) is 17.0 Å². The van der Waals surface area contributed by atoms with Crippen molar-refractivity contribution in [2.45, 2.75) is 13.5 Å². The summed E-state index contributed by atoms with van der Waals surface area (Å²) < 4.78 is 1.77. The predicted octanol–water partition coefficient (Wildman–Crippen LogP) is 2.91. The van der Waals surface area contributed by atoms with Gasteiger partial charge in [-0.05, 0) is 37.3 Å². The lowest BCUT2D eigenvalue weighted by Gasteiger charge is -2.02. The lowest BCUT2D eigenvalue weighted by atomic mass is 10.3. The van der Waals surface area contributed by atoms with Crippen LogP contribution >= 0.6 is 0 Å². The van der Waals surface area contributed by atoms with E-state index >= 15 is 0 Å². The van der Waals surface area contributed by atoms with Crippen LogP contribution in [0, 0.1) is 6.92 Å². The van der Waals surface area contributed by atoms with Crippen LogP contribution in [0.2, 0.25) is 0 Å². The van der Waals surface area contributed by atoms with Crippen molar-refractivity contribution < 1.29 is 4.79 Å². The highest BCUT2D eigenvalue weighted by molar-refractivity contribution is 5.91. The number of carbonyl (C=O) groups is 1. The molecule has 2 heterocycles. The molecule has 0 unspecified atom stereocenters. The molecule has 24 heavy (non-hydrogen) atoms. The van der Waals surface area contributed by atoms with Crippen LogP contribution in [0.3, 0.4) is 0 Å². The number of benzene rings is 1. The number of pyridine rings is 1. The second-order valence-corrected chi connectivity index (χ2v) is 5.38. The molecule has 0 aliphatic carbocycles. The number of hydrogen-bond donors (Lipinski definition) is 1. The van der Waals surface area contributed by atoms with Gasteiger partial charge in [0.1, 0.15) is 0 Å². The molecule has 3 aromatic rings. The summed E-state index contributed by atoms with van der Waals surface area (Å²) in [6.07, 6.45) is 6.84. The summed E-state index contributed by atoms with van der Waals surface area (Å²) in [7, 11) is 0. The third kappa shape index (κ3) is 4.16. The van der Waals surface area contributed by atoms with Crippen molar-refractivity contribution in [3.05, 3.63) is 84.0 Å². The fraction of sp³-hybridized carbons (Fsp3) is 0.105. The first-order valence-corrected chi connectivity index (χ1v) is 7.69. The zero-order valence-corrected chi connectivity index (χ0v) is 13.4. The summed E-state index contributed by atoms with van der Waals surface area (Å²) in [6.45, 7) is 2.34. The number of hydrogen-bond acceptors (Lipinski definition) is 3. The van der Waals surface area contributed by atoms with Crippen LogP contribution in [-0.4, -0.2) is 20.7 Å². The molecular formula is C19H18N4O. The van der Waals surface area contributed by atoms with Crippen LogP contribution in [0.5, 0.6) is 0 Å². The van der Waals surface area contributed by atoms with E-state index in [1.54, 1.807) is 17.0 Å². The molecule has 0 saturated heterocycles. The Hall–Kier alpha value is -3.21. The van der Waals surface area contributed by atoms with Crippen molar-refractivity contribution >= 4 is 12.0 Å². The Balaban J connectivity index is 1.57. The maximum atomic E-state index is 11.9. The van der Waals surface area contributed by atoms with E-state index in [4.69, 9.17) is 0 Å². The first-order valence-electron chi connectivity index (χ1n) is 7.69. The van der Waals surface area contributed by atoms with Gasteiger partial charge in [0.25, 0.3) is 0 Å². The molecule has 0 saturated carbocycles. The van der Waals surface area contributed by atoms with Crippen molar-refractivity contribution in [1.82, 2.24) is 20.1 Å². The zero-order valence-electron chi connectivity index (χ0n) is 13.4. The van der Waals surface area contributed by atoms with Crippen LogP contribution in [-0.2, 0) is 11.3 Å². The van der Waals surface area contributed by atoms with Gasteiger partial charge in [0, 0.05) is 23.5 Å². The SMILES string of the molecule is Cc1cccc(CNC(=O)/C=C/c2cnn(-c3ccccc3)c2)n1. The Labute approximate surface area is 140 Å². The fourth-order valence-electron chi connectivity index (χ4n) is 2.25. The van der Waals surface area contributed by atoms with Gasteiger partial charge in [-0.15, -0.1) is 0 Å². The summed E-state index contributed by atoms with van der Waals surface area (Å²) >= 11 is 0. The average Bonchev–Trinajstić information content (AvgIpc) is 3.08. The molecule has 3 rings (SSSR count). The Morgan fingerprint density at radius 1 is 1.17 bits per heavy atom.